The highest BCUT2D eigenvalue weighted by molar-refractivity contribution is 6.32. The summed E-state index contributed by atoms with van der Waals surface area (Å²) < 4.78 is 11.1. The molecule has 156 valence electrons. The molecule has 0 saturated carbocycles. The van der Waals surface area contributed by atoms with E-state index in [1.54, 1.807) is 18.7 Å². The normalized spacial score (nSPS) is 13.6. The highest BCUT2D eigenvalue weighted by atomic mass is 35.5. The molecule has 0 saturated heterocycles. The third-order valence-corrected chi connectivity index (χ3v) is 4.93. The molecule has 0 aliphatic heterocycles. The molecule has 0 amide bonds. The zero-order chi connectivity index (χ0) is 20.8. The molecule has 0 aliphatic carbocycles. The number of hydrogen-bond acceptors (Lipinski definition) is 8. The van der Waals surface area contributed by atoms with Gasteiger partial charge in [0.2, 0.25) is 5.95 Å². The largest absolute Gasteiger partial charge is 0.468 e. The van der Waals surface area contributed by atoms with Gasteiger partial charge in [0, 0.05) is 13.1 Å². The third-order valence-electron chi connectivity index (χ3n) is 4.65. The number of anilines is 2. The van der Waals surface area contributed by atoms with Gasteiger partial charge in [-0.15, -0.1) is 0 Å². The van der Waals surface area contributed by atoms with Crippen LogP contribution in [0.25, 0.3) is 0 Å². The van der Waals surface area contributed by atoms with Gasteiger partial charge < -0.3 is 19.5 Å². The van der Waals surface area contributed by atoms with Gasteiger partial charge in [-0.1, -0.05) is 11.6 Å². The highest BCUT2D eigenvalue weighted by Gasteiger charge is 2.19. The number of nitrogens with one attached hydrogen (secondary N) is 2. The fourth-order valence-corrected chi connectivity index (χ4v) is 3.15. The van der Waals surface area contributed by atoms with E-state index in [0.717, 1.165) is 11.5 Å². The topological polar surface area (TPSA) is 82.6 Å². The van der Waals surface area contributed by atoms with Gasteiger partial charge in [0.25, 0.3) is 0 Å². The molecule has 0 radical (unpaired) electrons. The van der Waals surface area contributed by atoms with Crippen LogP contribution in [0, 0.1) is 0 Å². The molecule has 9 heteroatoms. The van der Waals surface area contributed by atoms with Crippen molar-refractivity contribution in [1.82, 2.24) is 19.8 Å². The minimum Gasteiger partial charge on any atom is -0.468 e. The summed E-state index contributed by atoms with van der Waals surface area (Å²) in [6, 6.07) is 7.77. The van der Waals surface area contributed by atoms with Gasteiger partial charge >= 0.3 is 0 Å². The number of furan rings is 2. The summed E-state index contributed by atoms with van der Waals surface area (Å²) in [4.78, 5) is 13.0. The Morgan fingerprint density at radius 1 is 0.931 bits per heavy atom. The van der Waals surface area contributed by atoms with Crippen molar-refractivity contribution in [2.45, 2.75) is 12.1 Å². The number of halogens is 1. The maximum Gasteiger partial charge on any atom is 0.224 e. The Hall–Kier alpha value is -2.55. The lowest BCUT2D eigenvalue weighted by molar-refractivity contribution is 0.269. The Labute approximate surface area is 175 Å². The van der Waals surface area contributed by atoms with Crippen LogP contribution < -0.4 is 10.6 Å². The smallest absolute Gasteiger partial charge is 0.224 e. The van der Waals surface area contributed by atoms with Crippen LogP contribution >= 0.6 is 11.6 Å². The zero-order valence-electron chi connectivity index (χ0n) is 17.1. The lowest BCUT2D eigenvalue weighted by Gasteiger charge is -2.24. The van der Waals surface area contributed by atoms with Gasteiger partial charge in [0.1, 0.15) is 16.5 Å². The Balaban J connectivity index is 1.66. The molecule has 0 unspecified atom stereocenters. The van der Waals surface area contributed by atoms with E-state index >= 15 is 0 Å². The second kappa shape index (κ2) is 9.78. The van der Waals surface area contributed by atoms with Crippen LogP contribution in [0.1, 0.15) is 23.6 Å². The lowest BCUT2D eigenvalue weighted by Crippen LogP contribution is -2.28. The molecule has 29 heavy (non-hydrogen) atoms. The molecule has 0 fully saturated rings. The van der Waals surface area contributed by atoms with Crippen LogP contribution in [0.3, 0.4) is 0 Å². The van der Waals surface area contributed by atoms with E-state index < -0.39 is 0 Å². The van der Waals surface area contributed by atoms with Gasteiger partial charge in [0.15, 0.2) is 5.82 Å². The molecule has 0 aromatic carbocycles. The van der Waals surface area contributed by atoms with E-state index in [9.17, 15) is 0 Å². The first-order valence-electron chi connectivity index (χ1n) is 9.35. The van der Waals surface area contributed by atoms with Gasteiger partial charge in [-0.05, 0) is 52.5 Å². The molecule has 3 heterocycles. The predicted octanol–water partition coefficient (Wildman–Crippen LogP) is 3.75. The van der Waals surface area contributed by atoms with Crippen LogP contribution in [0.2, 0.25) is 5.02 Å². The van der Waals surface area contributed by atoms with E-state index in [4.69, 9.17) is 20.4 Å². The van der Waals surface area contributed by atoms with Gasteiger partial charge in [0.05, 0.1) is 30.8 Å². The minimum atomic E-state index is 0.0458. The molecule has 0 bridgehead atoms. The van der Waals surface area contributed by atoms with E-state index in [2.05, 4.69) is 30.4 Å². The van der Waals surface area contributed by atoms with E-state index in [-0.39, 0.29) is 12.1 Å². The molecular weight excluding hydrogens is 392 g/mol. The third kappa shape index (κ3) is 5.50. The summed E-state index contributed by atoms with van der Waals surface area (Å²) in [5.74, 6) is 2.82. The molecule has 8 nitrogen and oxygen atoms in total. The second-order valence-electron chi connectivity index (χ2n) is 7.14. The summed E-state index contributed by atoms with van der Waals surface area (Å²) in [7, 11) is 8.00. The van der Waals surface area contributed by atoms with Gasteiger partial charge in [-0.25, -0.2) is 4.98 Å². The molecule has 0 spiro atoms. The standard InChI is InChI=1S/C20H27ClN6O2/c1-26(2)15(17-7-5-9-28-17)12-22-19-14(21)11-23-20(25-19)24-13-16(27(3)4)18-8-6-10-29-18/h5-11,15-16H,12-13H2,1-4H3,(H2,22,23,24,25)/t15-,16-/m0/s1. The average Bonchev–Trinajstić information content (AvgIpc) is 3.38. The summed E-state index contributed by atoms with van der Waals surface area (Å²) in [6.45, 7) is 1.18. The highest BCUT2D eigenvalue weighted by Crippen LogP contribution is 2.24. The fourth-order valence-electron chi connectivity index (χ4n) is 2.99. The number of nitrogens with zero attached hydrogens (tertiary/aromatic N) is 4. The van der Waals surface area contributed by atoms with E-state index in [1.165, 1.54) is 0 Å². The second-order valence-corrected chi connectivity index (χ2v) is 7.55. The predicted molar refractivity (Wildman–Crippen MR) is 114 cm³/mol. The average molecular weight is 419 g/mol. The van der Waals surface area contributed by atoms with Crippen molar-refractivity contribution >= 4 is 23.4 Å². The summed E-state index contributed by atoms with van der Waals surface area (Å²) >= 11 is 6.30. The first-order valence-corrected chi connectivity index (χ1v) is 9.73. The maximum absolute atomic E-state index is 6.30. The number of hydrogen-bond donors (Lipinski definition) is 2. The van der Waals surface area contributed by atoms with Crippen molar-refractivity contribution in [3.05, 3.63) is 59.5 Å². The monoisotopic (exact) mass is 418 g/mol. The first kappa shape index (κ1) is 21.2. The Bertz CT molecular complexity index is 867. The number of likely N-dealkylation sites (N-methyl/N-ethyl adjacent to an activating group) is 2. The molecule has 3 rings (SSSR count). The molecule has 2 N–H and O–H groups in total. The zero-order valence-corrected chi connectivity index (χ0v) is 17.8. The number of aromatic nitrogens is 2. The Morgan fingerprint density at radius 3 is 1.97 bits per heavy atom. The van der Waals surface area contributed by atoms with Crippen LogP contribution in [0.5, 0.6) is 0 Å². The SMILES string of the molecule is CN(C)[C@@H](CNc1ncc(Cl)c(NC[C@@H](c2ccco2)N(C)C)n1)c1ccco1. The molecule has 2 atom stereocenters. The van der Waals surface area contributed by atoms with Crippen molar-refractivity contribution in [2.75, 3.05) is 51.9 Å². The van der Waals surface area contributed by atoms with Crippen molar-refractivity contribution in [2.24, 2.45) is 0 Å². The van der Waals surface area contributed by atoms with Crippen LogP contribution in [-0.2, 0) is 0 Å². The molecule has 3 aromatic rings. The maximum atomic E-state index is 6.30. The first-order chi connectivity index (χ1) is 14.0. The van der Waals surface area contributed by atoms with Crippen molar-refractivity contribution in [3.63, 3.8) is 0 Å². The minimum absolute atomic E-state index is 0.0458. The fraction of sp³-hybridized carbons (Fsp3) is 0.400. The van der Waals surface area contributed by atoms with Crippen molar-refractivity contribution < 1.29 is 8.83 Å². The Kier molecular flexibility index (Phi) is 7.13. The van der Waals surface area contributed by atoms with E-state index in [1.807, 2.05) is 52.5 Å². The van der Waals surface area contributed by atoms with Gasteiger partial charge in [-0.3, -0.25) is 9.80 Å². The van der Waals surface area contributed by atoms with Crippen LogP contribution in [0.4, 0.5) is 11.8 Å². The van der Waals surface area contributed by atoms with E-state index in [0.29, 0.717) is 29.9 Å². The summed E-state index contributed by atoms with van der Waals surface area (Å²) in [5.41, 5.74) is 0. The molecule has 0 aliphatic rings. The van der Waals surface area contributed by atoms with Crippen molar-refractivity contribution in [3.8, 4) is 0 Å². The van der Waals surface area contributed by atoms with Crippen LogP contribution in [-0.4, -0.2) is 61.0 Å². The molecule has 3 aromatic heterocycles. The lowest BCUT2D eigenvalue weighted by atomic mass is 10.2. The van der Waals surface area contributed by atoms with Crippen LogP contribution in [0.15, 0.2) is 51.8 Å². The summed E-state index contributed by atoms with van der Waals surface area (Å²) in [5, 5.41) is 7.04. The molecular formula is C20H27ClN6O2. The number of rotatable bonds is 10. The Morgan fingerprint density at radius 2 is 1.48 bits per heavy atom. The quantitative estimate of drug-likeness (QED) is 0.515. The van der Waals surface area contributed by atoms with Gasteiger partial charge in [-0.2, -0.15) is 4.98 Å². The van der Waals surface area contributed by atoms with Crippen molar-refractivity contribution in [1.29, 1.82) is 0 Å². The summed E-state index contributed by atoms with van der Waals surface area (Å²) in [6.07, 6.45) is 4.94.